The maximum atomic E-state index is 13.2. The first kappa shape index (κ1) is 22.2. The summed E-state index contributed by atoms with van der Waals surface area (Å²) in [6, 6.07) is 7.92. The largest absolute Gasteiger partial charge is 0.342 e. The van der Waals surface area contributed by atoms with Crippen molar-refractivity contribution in [3.63, 3.8) is 0 Å². The Morgan fingerprint density at radius 1 is 1.00 bits per heavy atom. The van der Waals surface area contributed by atoms with Crippen LogP contribution in [0.15, 0.2) is 29.4 Å². The molecule has 2 saturated heterocycles. The van der Waals surface area contributed by atoms with E-state index in [1.807, 2.05) is 38.6 Å². The fourth-order valence-corrected chi connectivity index (χ4v) is 5.97. The van der Waals surface area contributed by atoms with Gasteiger partial charge in [-0.3, -0.25) is 9.59 Å². The number of para-hydroxylation sites is 2. The second-order valence-electron chi connectivity index (χ2n) is 9.59. The Hall–Kier alpha value is -2.02. The quantitative estimate of drug-likeness (QED) is 0.659. The maximum absolute atomic E-state index is 13.2. The third-order valence-corrected chi connectivity index (χ3v) is 7.43. The van der Waals surface area contributed by atoms with E-state index in [2.05, 4.69) is 20.8 Å². The normalized spacial score (nSPS) is 24.5. The average molecular weight is 443 g/mol. The summed E-state index contributed by atoms with van der Waals surface area (Å²) in [5.74, 6) is 2.30. The molecule has 3 atom stereocenters. The standard InChI is InChI=1S/C24H34N4O2S/c1-17-7-6-10-26(12-17)23(30)16-31-24-25-20-8-4-5-9-21(20)28(24)15-22(29)27-13-18(2)11-19(3)14-27/h4-5,8-9,17-19H,6-7,10-16H2,1-3H3. The highest BCUT2D eigenvalue weighted by Gasteiger charge is 2.27. The Morgan fingerprint density at radius 3 is 2.45 bits per heavy atom. The third-order valence-electron chi connectivity index (χ3n) is 6.47. The minimum absolute atomic E-state index is 0.139. The van der Waals surface area contributed by atoms with E-state index in [0.717, 1.165) is 48.8 Å². The van der Waals surface area contributed by atoms with Crippen LogP contribution in [-0.2, 0) is 16.1 Å². The van der Waals surface area contributed by atoms with Gasteiger partial charge in [0.2, 0.25) is 11.8 Å². The molecule has 2 aliphatic heterocycles. The molecule has 0 saturated carbocycles. The van der Waals surface area contributed by atoms with Gasteiger partial charge in [0.1, 0.15) is 6.54 Å². The molecule has 3 heterocycles. The van der Waals surface area contributed by atoms with Crippen LogP contribution in [0.1, 0.15) is 40.0 Å². The van der Waals surface area contributed by atoms with Gasteiger partial charge in [0.15, 0.2) is 5.16 Å². The molecule has 6 nitrogen and oxygen atoms in total. The highest BCUT2D eigenvalue weighted by Crippen LogP contribution is 2.27. The van der Waals surface area contributed by atoms with Crippen molar-refractivity contribution in [3.8, 4) is 0 Å². The van der Waals surface area contributed by atoms with Crippen molar-refractivity contribution < 1.29 is 9.59 Å². The fourth-order valence-electron chi connectivity index (χ4n) is 5.05. The minimum Gasteiger partial charge on any atom is -0.342 e. The summed E-state index contributed by atoms with van der Waals surface area (Å²) in [6.45, 7) is 10.3. The number of piperidine rings is 2. The van der Waals surface area contributed by atoms with E-state index < -0.39 is 0 Å². The van der Waals surface area contributed by atoms with Gasteiger partial charge < -0.3 is 14.4 Å². The molecule has 2 aliphatic rings. The van der Waals surface area contributed by atoms with E-state index in [9.17, 15) is 9.59 Å². The van der Waals surface area contributed by atoms with E-state index in [0.29, 0.717) is 23.5 Å². The molecule has 31 heavy (non-hydrogen) atoms. The highest BCUT2D eigenvalue weighted by molar-refractivity contribution is 7.99. The molecule has 0 aliphatic carbocycles. The SMILES string of the molecule is CC1CCCN(C(=O)CSc2nc3ccccc3n2CC(=O)N2CC(C)CC(C)C2)C1. The van der Waals surface area contributed by atoms with Crippen molar-refractivity contribution in [3.05, 3.63) is 24.3 Å². The molecule has 1 aromatic heterocycles. The Bertz CT molecular complexity index is 933. The van der Waals surface area contributed by atoms with E-state index in [1.54, 1.807) is 0 Å². The molecular weight excluding hydrogens is 408 g/mol. The van der Waals surface area contributed by atoms with E-state index >= 15 is 0 Å². The van der Waals surface area contributed by atoms with Gasteiger partial charge in [-0.05, 0) is 49.1 Å². The number of rotatable bonds is 5. The zero-order valence-electron chi connectivity index (χ0n) is 18.9. The van der Waals surface area contributed by atoms with Crippen LogP contribution >= 0.6 is 11.8 Å². The number of carbonyl (C=O) groups excluding carboxylic acids is 2. The van der Waals surface area contributed by atoms with Crippen molar-refractivity contribution in [2.45, 2.75) is 51.7 Å². The number of thioether (sulfide) groups is 1. The zero-order chi connectivity index (χ0) is 22.0. The van der Waals surface area contributed by atoms with Crippen LogP contribution in [-0.4, -0.2) is 63.1 Å². The van der Waals surface area contributed by atoms with Crippen LogP contribution in [0.2, 0.25) is 0 Å². The summed E-state index contributed by atoms with van der Waals surface area (Å²) >= 11 is 1.46. The molecular formula is C24H34N4O2S. The van der Waals surface area contributed by atoms with E-state index in [1.165, 1.54) is 24.6 Å². The molecule has 2 amide bonds. The van der Waals surface area contributed by atoms with Crippen molar-refractivity contribution in [2.75, 3.05) is 31.9 Å². The third kappa shape index (κ3) is 5.25. The number of aromatic nitrogens is 2. The second-order valence-corrected chi connectivity index (χ2v) is 10.5. The number of benzene rings is 1. The van der Waals surface area contributed by atoms with E-state index in [4.69, 9.17) is 4.98 Å². The molecule has 2 fully saturated rings. The van der Waals surface area contributed by atoms with Crippen molar-refractivity contribution >= 4 is 34.6 Å². The highest BCUT2D eigenvalue weighted by atomic mass is 32.2. The summed E-state index contributed by atoms with van der Waals surface area (Å²) in [6.07, 6.45) is 3.45. The van der Waals surface area contributed by atoms with Gasteiger partial charge in [0.05, 0.1) is 16.8 Å². The lowest BCUT2D eigenvalue weighted by molar-refractivity contribution is -0.134. The molecule has 3 unspecified atom stereocenters. The van der Waals surface area contributed by atoms with Crippen molar-refractivity contribution in [2.24, 2.45) is 17.8 Å². The molecule has 4 rings (SSSR count). The van der Waals surface area contributed by atoms with Gasteiger partial charge in [-0.1, -0.05) is 44.7 Å². The topological polar surface area (TPSA) is 58.4 Å². The maximum Gasteiger partial charge on any atom is 0.242 e. The number of amides is 2. The smallest absolute Gasteiger partial charge is 0.242 e. The summed E-state index contributed by atoms with van der Waals surface area (Å²) < 4.78 is 2.00. The Labute approximate surface area is 189 Å². The van der Waals surface area contributed by atoms with Crippen LogP contribution in [0.3, 0.4) is 0 Å². The van der Waals surface area contributed by atoms with Gasteiger partial charge in [-0.25, -0.2) is 4.98 Å². The number of carbonyl (C=O) groups is 2. The van der Waals surface area contributed by atoms with Crippen LogP contribution in [0.5, 0.6) is 0 Å². The second kappa shape index (κ2) is 9.63. The number of likely N-dealkylation sites (tertiary alicyclic amines) is 2. The Morgan fingerprint density at radius 2 is 1.71 bits per heavy atom. The number of hydrogen-bond acceptors (Lipinski definition) is 4. The summed E-state index contributed by atoms with van der Waals surface area (Å²) in [7, 11) is 0. The number of hydrogen-bond donors (Lipinski definition) is 0. The van der Waals surface area contributed by atoms with Gasteiger partial charge in [0, 0.05) is 26.2 Å². The van der Waals surface area contributed by atoms with Gasteiger partial charge in [-0.2, -0.15) is 0 Å². The molecule has 2 aromatic rings. The molecule has 168 valence electrons. The van der Waals surface area contributed by atoms with Gasteiger partial charge in [0.25, 0.3) is 0 Å². The lowest BCUT2D eigenvalue weighted by Gasteiger charge is -2.35. The first-order valence-electron chi connectivity index (χ1n) is 11.5. The first-order valence-corrected chi connectivity index (χ1v) is 12.5. The van der Waals surface area contributed by atoms with Crippen LogP contribution in [0.25, 0.3) is 11.0 Å². The molecule has 1 aromatic carbocycles. The van der Waals surface area contributed by atoms with E-state index in [-0.39, 0.29) is 18.4 Å². The monoisotopic (exact) mass is 442 g/mol. The molecule has 7 heteroatoms. The summed E-state index contributed by atoms with van der Waals surface area (Å²) in [5, 5.41) is 0.756. The molecule has 0 bridgehead atoms. The minimum atomic E-state index is 0.139. The summed E-state index contributed by atoms with van der Waals surface area (Å²) in [4.78, 5) is 34.7. The number of fused-ring (bicyclic) bond motifs is 1. The van der Waals surface area contributed by atoms with Crippen LogP contribution < -0.4 is 0 Å². The van der Waals surface area contributed by atoms with Crippen LogP contribution in [0.4, 0.5) is 0 Å². The molecule has 0 spiro atoms. The lowest BCUT2D eigenvalue weighted by atomic mass is 9.92. The van der Waals surface area contributed by atoms with Gasteiger partial charge >= 0.3 is 0 Å². The predicted molar refractivity (Wildman–Crippen MR) is 125 cm³/mol. The van der Waals surface area contributed by atoms with Crippen LogP contribution in [0, 0.1) is 17.8 Å². The number of nitrogens with zero attached hydrogens (tertiary/aromatic N) is 4. The van der Waals surface area contributed by atoms with Crippen molar-refractivity contribution in [1.29, 1.82) is 0 Å². The zero-order valence-corrected chi connectivity index (χ0v) is 19.7. The number of imidazole rings is 1. The first-order chi connectivity index (χ1) is 14.9. The summed E-state index contributed by atoms with van der Waals surface area (Å²) in [5.41, 5.74) is 1.83. The molecule has 0 N–H and O–H groups in total. The average Bonchev–Trinajstić information content (AvgIpc) is 3.08. The molecule has 0 radical (unpaired) electrons. The predicted octanol–water partition coefficient (Wildman–Crippen LogP) is 3.89. The lowest BCUT2D eigenvalue weighted by Crippen LogP contribution is -2.44. The Kier molecular flexibility index (Phi) is 6.89. The van der Waals surface area contributed by atoms with Crippen molar-refractivity contribution in [1.82, 2.24) is 19.4 Å². The Balaban J connectivity index is 1.49. The fraction of sp³-hybridized carbons (Fsp3) is 0.625. The van der Waals surface area contributed by atoms with Gasteiger partial charge in [-0.15, -0.1) is 0 Å².